The summed E-state index contributed by atoms with van der Waals surface area (Å²) in [5.41, 5.74) is 0.217. The second-order valence-corrected chi connectivity index (χ2v) is 4.16. The first-order valence-electron chi connectivity index (χ1n) is 4.64. The van der Waals surface area contributed by atoms with Crippen molar-refractivity contribution < 1.29 is 14.3 Å². The molecule has 0 spiro atoms. The fraction of sp³-hybridized carbons (Fsp3) is 0. The van der Waals surface area contributed by atoms with Gasteiger partial charge in [-0.2, -0.15) is 0 Å². The Morgan fingerprint density at radius 3 is 2.29 bits per heavy atom. The van der Waals surface area contributed by atoms with Crippen molar-refractivity contribution in [3.8, 4) is 0 Å². The highest BCUT2D eigenvalue weighted by molar-refractivity contribution is 7.99. The van der Waals surface area contributed by atoms with Gasteiger partial charge in [-0.3, -0.25) is 0 Å². The van der Waals surface area contributed by atoms with Gasteiger partial charge in [-0.25, -0.2) is 19.2 Å². The number of halogens is 1. The number of aromatic nitrogens is 2. The molecule has 0 unspecified atom stereocenters. The van der Waals surface area contributed by atoms with E-state index in [1.165, 1.54) is 23.9 Å². The third kappa shape index (κ3) is 3.01. The number of rotatable bonds is 3. The molecule has 0 amide bonds. The predicted octanol–water partition coefficient (Wildman–Crippen LogP) is 2.47. The molecule has 6 heteroatoms. The Balaban J connectivity index is 2.13. The fourth-order valence-corrected chi connectivity index (χ4v) is 1.82. The third-order valence-electron chi connectivity index (χ3n) is 1.91. The van der Waals surface area contributed by atoms with Crippen LogP contribution in [-0.2, 0) is 0 Å². The largest absolute Gasteiger partial charge is 0.478 e. The molecule has 0 bridgehead atoms. The minimum atomic E-state index is -0.973. The number of nitrogens with zero attached hydrogens (tertiary/aromatic N) is 2. The molecule has 0 aliphatic carbocycles. The number of hydrogen-bond donors (Lipinski definition) is 1. The molecule has 1 aromatic carbocycles. The normalized spacial score (nSPS) is 10.2. The van der Waals surface area contributed by atoms with Crippen LogP contribution >= 0.6 is 11.8 Å². The van der Waals surface area contributed by atoms with Gasteiger partial charge >= 0.3 is 5.97 Å². The van der Waals surface area contributed by atoms with Gasteiger partial charge in [-0.1, -0.05) is 0 Å². The Kier molecular flexibility index (Phi) is 3.34. The number of benzene rings is 1. The fourth-order valence-electron chi connectivity index (χ4n) is 1.12. The molecule has 1 aromatic heterocycles. The van der Waals surface area contributed by atoms with Crippen molar-refractivity contribution in [2.24, 2.45) is 0 Å². The molecule has 0 atom stereocenters. The van der Waals surface area contributed by atoms with Crippen LogP contribution in [0.4, 0.5) is 4.39 Å². The first-order chi connectivity index (χ1) is 8.15. The van der Waals surface area contributed by atoms with E-state index in [1.807, 2.05) is 0 Å². The van der Waals surface area contributed by atoms with Crippen LogP contribution in [0.2, 0.25) is 0 Å². The van der Waals surface area contributed by atoms with Gasteiger partial charge in [0.2, 0.25) is 0 Å². The molecule has 17 heavy (non-hydrogen) atoms. The number of aromatic carboxylic acids is 1. The van der Waals surface area contributed by atoms with E-state index in [0.717, 1.165) is 17.3 Å². The molecule has 4 nitrogen and oxygen atoms in total. The van der Waals surface area contributed by atoms with Crippen LogP contribution in [0, 0.1) is 5.82 Å². The van der Waals surface area contributed by atoms with Crippen molar-refractivity contribution in [1.29, 1.82) is 0 Å². The summed E-state index contributed by atoms with van der Waals surface area (Å²) in [5.74, 6) is -1.46. The smallest absolute Gasteiger partial charge is 0.335 e. The average molecular weight is 250 g/mol. The minimum absolute atomic E-state index is 0.217. The van der Waals surface area contributed by atoms with Gasteiger partial charge in [0, 0.05) is 4.90 Å². The van der Waals surface area contributed by atoms with Crippen molar-refractivity contribution in [1.82, 2.24) is 9.97 Å². The van der Waals surface area contributed by atoms with E-state index >= 15 is 0 Å². The number of carbonyl (C=O) groups is 1. The van der Waals surface area contributed by atoms with Gasteiger partial charge < -0.3 is 5.11 Å². The summed E-state index contributed by atoms with van der Waals surface area (Å²) in [6.07, 6.45) is 2.17. The molecule has 0 aliphatic rings. The third-order valence-corrected chi connectivity index (χ3v) is 2.81. The molecule has 2 aromatic rings. The van der Waals surface area contributed by atoms with Gasteiger partial charge in [-0.05, 0) is 36.0 Å². The topological polar surface area (TPSA) is 63.1 Å². The van der Waals surface area contributed by atoms with Crippen LogP contribution in [0.15, 0.2) is 46.7 Å². The molecular formula is C11H7FN2O2S. The number of carboxylic acids is 1. The number of hydrogen-bond acceptors (Lipinski definition) is 4. The Hall–Kier alpha value is -1.95. The van der Waals surface area contributed by atoms with Crippen molar-refractivity contribution in [2.45, 2.75) is 10.1 Å². The first kappa shape index (κ1) is 11.5. The zero-order valence-electron chi connectivity index (χ0n) is 8.50. The summed E-state index contributed by atoms with van der Waals surface area (Å²) in [7, 11) is 0. The summed E-state index contributed by atoms with van der Waals surface area (Å²) in [5, 5.41) is 9.13. The van der Waals surface area contributed by atoms with E-state index < -0.39 is 11.8 Å². The second kappa shape index (κ2) is 4.92. The maximum atomic E-state index is 12.6. The molecule has 0 fully saturated rings. The van der Waals surface area contributed by atoms with Crippen LogP contribution in [-0.4, -0.2) is 21.0 Å². The Labute approximate surface area is 101 Å². The zero-order chi connectivity index (χ0) is 12.3. The SMILES string of the molecule is O=C(O)c1ccc(Sc2ncc(F)cn2)cc1. The van der Waals surface area contributed by atoms with E-state index in [1.54, 1.807) is 12.1 Å². The van der Waals surface area contributed by atoms with Gasteiger partial charge in [0.05, 0.1) is 18.0 Å². The minimum Gasteiger partial charge on any atom is -0.478 e. The first-order valence-corrected chi connectivity index (χ1v) is 5.45. The molecular weight excluding hydrogens is 243 g/mol. The summed E-state index contributed by atoms with van der Waals surface area (Å²) >= 11 is 1.23. The number of carboxylic acid groups (broad SMARTS) is 1. The van der Waals surface area contributed by atoms with Crippen LogP contribution in [0.25, 0.3) is 0 Å². The maximum absolute atomic E-state index is 12.6. The Morgan fingerprint density at radius 1 is 1.18 bits per heavy atom. The summed E-state index contributed by atoms with van der Waals surface area (Å²) in [6, 6.07) is 6.30. The van der Waals surface area contributed by atoms with E-state index in [-0.39, 0.29) is 5.56 Å². The van der Waals surface area contributed by atoms with Crippen LogP contribution in [0.3, 0.4) is 0 Å². The predicted molar refractivity (Wildman–Crippen MR) is 59.5 cm³/mol. The van der Waals surface area contributed by atoms with Gasteiger partial charge in [0.1, 0.15) is 0 Å². The standard InChI is InChI=1S/C11H7FN2O2S/c12-8-5-13-11(14-6-8)17-9-3-1-7(2-4-9)10(15)16/h1-6H,(H,15,16). The zero-order valence-corrected chi connectivity index (χ0v) is 9.32. The summed E-state index contributed by atoms with van der Waals surface area (Å²) < 4.78 is 12.6. The molecule has 0 radical (unpaired) electrons. The summed E-state index contributed by atoms with van der Waals surface area (Å²) in [4.78, 5) is 19.0. The van der Waals surface area contributed by atoms with E-state index in [9.17, 15) is 9.18 Å². The van der Waals surface area contributed by atoms with Crippen molar-refractivity contribution in [2.75, 3.05) is 0 Å². The quantitative estimate of drug-likeness (QED) is 0.848. The molecule has 1 N–H and O–H groups in total. The van der Waals surface area contributed by atoms with Gasteiger partial charge in [0.15, 0.2) is 11.0 Å². The van der Waals surface area contributed by atoms with Crippen molar-refractivity contribution in [3.05, 3.63) is 48.0 Å². The molecule has 0 saturated carbocycles. The lowest BCUT2D eigenvalue weighted by atomic mass is 10.2. The highest BCUT2D eigenvalue weighted by atomic mass is 32.2. The van der Waals surface area contributed by atoms with E-state index in [2.05, 4.69) is 9.97 Å². The highest BCUT2D eigenvalue weighted by Gasteiger charge is 2.04. The lowest BCUT2D eigenvalue weighted by Crippen LogP contribution is -1.94. The average Bonchev–Trinajstić information content (AvgIpc) is 2.33. The molecule has 2 rings (SSSR count). The lowest BCUT2D eigenvalue weighted by Gasteiger charge is -2.00. The Bertz CT molecular complexity index is 528. The monoisotopic (exact) mass is 250 g/mol. The van der Waals surface area contributed by atoms with Crippen LogP contribution in [0.5, 0.6) is 0 Å². The summed E-state index contributed by atoms with van der Waals surface area (Å²) in [6.45, 7) is 0. The van der Waals surface area contributed by atoms with Gasteiger partial charge in [0.25, 0.3) is 0 Å². The molecule has 1 heterocycles. The van der Waals surface area contributed by atoms with Crippen LogP contribution in [0.1, 0.15) is 10.4 Å². The lowest BCUT2D eigenvalue weighted by molar-refractivity contribution is 0.0697. The van der Waals surface area contributed by atoms with E-state index in [4.69, 9.17) is 5.11 Å². The van der Waals surface area contributed by atoms with Gasteiger partial charge in [-0.15, -0.1) is 0 Å². The van der Waals surface area contributed by atoms with Crippen molar-refractivity contribution in [3.63, 3.8) is 0 Å². The molecule has 86 valence electrons. The second-order valence-electron chi connectivity index (χ2n) is 3.12. The van der Waals surface area contributed by atoms with Crippen LogP contribution < -0.4 is 0 Å². The maximum Gasteiger partial charge on any atom is 0.335 e. The highest BCUT2D eigenvalue weighted by Crippen LogP contribution is 2.24. The molecule has 0 aliphatic heterocycles. The molecule has 0 saturated heterocycles. The van der Waals surface area contributed by atoms with E-state index in [0.29, 0.717) is 5.16 Å². The van der Waals surface area contributed by atoms with Crippen molar-refractivity contribution >= 4 is 17.7 Å². The Morgan fingerprint density at radius 2 is 1.76 bits per heavy atom.